The van der Waals surface area contributed by atoms with Gasteiger partial charge in [0.1, 0.15) is 0 Å². The Labute approximate surface area is 113 Å². The molecule has 2 heterocycles. The third kappa shape index (κ3) is 2.63. The number of carbonyl (C=O) groups excluding carboxylic acids is 1. The Morgan fingerprint density at radius 3 is 3.05 bits per heavy atom. The summed E-state index contributed by atoms with van der Waals surface area (Å²) in [6.07, 6.45) is 7.10. The molecule has 1 saturated carbocycles. The maximum absolute atomic E-state index is 12.2. The van der Waals surface area contributed by atoms with Gasteiger partial charge in [-0.1, -0.05) is 0 Å². The Morgan fingerprint density at radius 2 is 2.37 bits per heavy atom. The molecule has 2 fully saturated rings. The molecule has 1 aromatic rings. The van der Waals surface area contributed by atoms with Crippen LogP contribution in [0.4, 0.5) is 0 Å². The molecule has 1 aromatic heterocycles. The fraction of sp³-hybridized carbons (Fsp3) is 0.600. The van der Waals surface area contributed by atoms with Crippen molar-refractivity contribution in [3.63, 3.8) is 0 Å². The first kappa shape index (κ1) is 12.6. The highest BCUT2D eigenvalue weighted by atomic mass is 16.5. The molecule has 1 aliphatic heterocycles. The molecule has 1 saturated heterocycles. The van der Waals surface area contributed by atoms with Gasteiger partial charge in [0, 0.05) is 30.1 Å². The molecule has 0 radical (unpaired) electrons. The van der Waals surface area contributed by atoms with Crippen LogP contribution in [0.5, 0.6) is 0 Å². The van der Waals surface area contributed by atoms with Gasteiger partial charge in [0.15, 0.2) is 0 Å². The second-order valence-electron chi connectivity index (χ2n) is 5.73. The van der Waals surface area contributed by atoms with Crippen molar-refractivity contribution in [3.05, 3.63) is 29.6 Å². The van der Waals surface area contributed by atoms with E-state index >= 15 is 0 Å². The number of nitrogens with zero attached hydrogens (tertiary/aromatic N) is 1. The summed E-state index contributed by atoms with van der Waals surface area (Å²) in [5, 5.41) is 3.14. The predicted molar refractivity (Wildman–Crippen MR) is 72.0 cm³/mol. The summed E-state index contributed by atoms with van der Waals surface area (Å²) in [5.74, 6) is 0.00636. The molecule has 19 heavy (non-hydrogen) atoms. The van der Waals surface area contributed by atoms with Crippen molar-refractivity contribution in [3.8, 4) is 0 Å². The van der Waals surface area contributed by atoms with Crippen molar-refractivity contribution in [1.82, 2.24) is 10.3 Å². The van der Waals surface area contributed by atoms with E-state index in [4.69, 9.17) is 4.74 Å². The summed E-state index contributed by atoms with van der Waals surface area (Å²) < 4.78 is 5.88. The molecule has 1 spiro atoms. The van der Waals surface area contributed by atoms with Crippen LogP contribution in [-0.2, 0) is 4.74 Å². The fourth-order valence-electron chi connectivity index (χ4n) is 3.03. The highest BCUT2D eigenvalue weighted by molar-refractivity contribution is 5.94. The van der Waals surface area contributed by atoms with E-state index in [-0.39, 0.29) is 17.6 Å². The summed E-state index contributed by atoms with van der Waals surface area (Å²) in [4.78, 5) is 16.3. The monoisotopic (exact) mass is 260 g/mol. The number of carbonyl (C=O) groups is 1. The lowest BCUT2D eigenvalue weighted by Gasteiger charge is -2.47. The van der Waals surface area contributed by atoms with Crippen LogP contribution in [0.2, 0.25) is 0 Å². The lowest BCUT2D eigenvalue weighted by molar-refractivity contribution is -0.134. The van der Waals surface area contributed by atoms with Gasteiger partial charge >= 0.3 is 0 Å². The largest absolute Gasteiger partial charge is 0.375 e. The van der Waals surface area contributed by atoms with Crippen LogP contribution in [0.25, 0.3) is 0 Å². The van der Waals surface area contributed by atoms with E-state index in [1.165, 1.54) is 6.42 Å². The first-order chi connectivity index (χ1) is 9.17. The highest BCUT2D eigenvalue weighted by Gasteiger charge is 2.42. The number of amides is 1. The van der Waals surface area contributed by atoms with Gasteiger partial charge in [0.25, 0.3) is 5.91 Å². The zero-order chi connectivity index (χ0) is 13.3. The summed E-state index contributed by atoms with van der Waals surface area (Å²) in [6, 6.07) is 3.84. The van der Waals surface area contributed by atoms with Gasteiger partial charge in [-0.25, -0.2) is 0 Å². The van der Waals surface area contributed by atoms with Crippen molar-refractivity contribution in [2.45, 2.75) is 50.7 Å². The van der Waals surface area contributed by atoms with Crippen molar-refractivity contribution in [2.24, 2.45) is 0 Å². The molecule has 4 nitrogen and oxygen atoms in total. The standard InChI is InChI=1S/C15H20N2O2/c1-11-9-12(3-7-16-11)14(18)17-13-4-8-19-15(10-13)5-2-6-15/h3,7,9,13H,2,4-6,8,10H2,1H3,(H,17,18). The molecule has 1 unspecified atom stereocenters. The Morgan fingerprint density at radius 1 is 1.53 bits per heavy atom. The molecule has 0 bridgehead atoms. The van der Waals surface area contributed by atoms with Crippen LogP contribution in [0, 0.1) is 6.92 Å². The molecule has 1 N–H and O–H groups in total. The smallest absolute Gasteiger partial charge is 0.251 e. The van der Waals surface area contributed by atoms with Crippen LogP contribution in [0.3, 0.4) is 0 Å². The number of nitrogens with one attached hydrogen (secondary N) is 1. The van der Waals surface area contributed by atoms with Gasteiger partial charge < -0.3 is 10.1 Å². The van der Waals surface area contributed by atoms with Crippen LogP contribution in [0.1, 0.15) is 48.2 Å². The molecule has 0 aromatic carbocycles. The summed E-state index contributed by atoms with van der Waals surface area (Å²) >= 11 is 0. The van der Waals surface area contributed by atoms with Crippen molar-refractivity contribution >= 4 is 5.91 Å². The number of aromatic nitrogens is 1. The summed E-state index contributed by atoms with van der Waals surface area (Å²) in [5.41, 5.74) is 1.64. The molecular formula is C15H20N2O2. The minimum absolute atomic E-state index is 0.00636. The second-order valence-corrected chi connectivity index (χ2v) is 5.73. The molecule has 1 amide bonds. The Balaban J connectivity index is 1.63. The van der Waals surface area contributed by atoms with E-state index in [0.717, 1.165) is 38.0 Å². The number of hydrogen-bond acceptors (Lipinski definition) is 3. The van der Waals surface area contributed by atoms with Gasteiger partial charge in [0.2, 0.25) is 0 Å². The quantitative estimate of drug-likeness (QED) is 0.887. The van der Waals surface area contributed by atoms with Crippen LogP contribution in [0.15, 0.2) is 18.3 Å². The summed E-state index contributed by atoms with van der Waals surface area (Å²) in [6.45, 7) is 2.66. The minimum Gasteiger partial charge on any atom is -0.375 e. The van der Waals surface area contributed by atoms with Crippen molar-refractivity contribution in [1.29, 1.82) is 0 Å². The van der Waals surface area contributed by atoms with Gasteiger partial charge in [-0.2, -0.15) is 0 Å². The van der Waals surface area contributed by atoms with Crippen LogP contribution < -0.4 is 5.32 Å². The number of rotatable bonds is 2. The molecule has 4 heteroatoms. The fourth-order valence-corrected chi connectivity index (χ4v) is 3.03. The number of aryl methyl sites for hydroxylation is 1. The van der Waals surface area contributed by atoms with E-state index < -0.39 is 0 Å². The first-order valence-corrected chi connectivity index (χ1v) is 7.04. The maximum Gasteiger partial charge on any atom is 0.251 e. The summed E-state index contributed by atoms with van der Waals surface area (Å²) in [7, 11) is 0. The first-order valence-electron chi connectivity index (χ1n) is 7.04. The average Bonchev–Trinajstić information content (AvgIpc) is 2.37. The lowest BCUT2D eigenvalue weighted by Crippen LogP contribution is -2.52. The van der Waals surface area contributed by atoms with Crippen LogP contribution >= 0.6 is 0 Å². The minimum atomic E-state index is 0.00636. The van der Waals surface area contributed by atoms with Crippen molar-refractivity contribution < 1.29 is 9.53 Å². The third-order valence-electron chi connectivity index (χ3n) is 4.25. The molecule has 1 aliphatic carbocycles. The Bertz CT molecular complexity index is 483. The zero-order valence-corrected chi connectivity index (χ0v) is 11.3. The van der Waals surface area contributed by atoms with Crippen LogP contribution in [-0.4, -0.2) is 29.1 Å². The zero-order valence-electron chi connectivity index (χ0n) is 11.3. The van der Waals surface area contributed by atoms with Gasteiger partial charge in [-0.15, -0.1) is 0 Å². The van der Waals surface area contributed by atoms with Crippen molar-refractivity contribution in [2.75, 3.05) is 6.61 Å². The van der Waals surface area contributed by atoms with E-state index in [1.807, 2.05) is 13.0 Å². The SMILES string of the molecule is Cc1cc(C(=O)NC2CCOC3(CCC3)C2)ccn1. The van der Waals surface area contributed by atoms with E-state index in [9.17, 15) is 4.79 Å². The maximum atomic E-state index is 12.2. The third-order valence-corrected chi connectivity index (χ3v) is 4.25. The average molecular weight is 260 g/mol. The van der Waals surface area contributed by atoms with Gasteiger partial charge in [0.05, 0.1) is 5.60 Å². The number of pyridine rings is 1. The van der Waals surface area contributed by atoms with E-state index in [0.29, 0.717) is 5.56 Å². The topological polar surface area (TPSA) is 51.2 Å². The molecule has 2 aliphatic rings. The van der Waals surface area contributed by atoms with E-state index in [1.54, 1.807) is 12.3 Å². The van der Waals surface area contributed by atoms with Gasteiger partial charge in [-0.05, 0) is 51.2 Å². The molecule has 1 atom stereocenters. The van der Waals surface area contributed by atoms with Gasteiger partial charge in [-0.3, -0.25) is 9.78 Å². The number of hydrogen-bond donors (Lipinski definition) is 1. The predicted octanol–water partition coefficient (Wildman–Crippen LogP) is 2.22. The Kier molecular flexibility index (Phi) is 3.27. The normalized spacial score (nSPS) is 24.8. The molecule has 3 rings (SSSR count). The Hall–Kier alpha value is -1.42. The lowest BCUT2D eigenvalue weighted by atomic mass is 9.74. The highest BCUT2D eigenvalue weighted by Crippen LogP contribution is 2.42. The molecule has 102 valence electrons. The number of ether oxygens (including phenoxy) is 1. The second kappa shape index (κ2) is 4.93. The van der Waals surface area contributed by atoms with E-state index in [2.05, 4.69) is 10.3 Å². The molecular weight excluding hydrogens is 240 g/mol.